The van der Waals surface area contributed by atoms with E-state index in [1.165, 1.54) is 7.11 Å². The Balaban J connectivity index is 2.34. The van der Waals surface area contributed by atoms with E-state index in [4.69, 9.17) is 9.47 Å². The quantitative estimate of drug-likeness (QED) is 0.847. The standard InChI is InChI=1S/C13H16O4/c1-16-10-5-3-4-9(8-10)13(6-7-13)11(17-2)12(14)15/h3-5,8,11H,6-7H2,1-2H3,(H,14,15). The van der Waals surface area contributed by atoms with Crippen LogP contribution >= 0.6 is 0 Å². The number of methoxy groups -OCH3 is 2. The summed E-state index contributed by atoms with van der Waals surface area (Å²) >= 11 is 0. The van der Waals surface area contributed by atoms with Crippen LogP contribution in [0, 0.1) is 0 Å². The first-order chi connectivity index (χ1) is 8.14. The van der Waals surface area contributed by atoms with E-state index in [0.29, 0.717) is 0 Å². The summed E-state index contributed by atoms with van der Waals surface area (Å²) in [5, 5.41) is 9.18. The summed E-state index contributed by atoms with van der Waals surface area (Å²) in [5.41, 5.74) is 0.598. The maximum Gasteiger partial charge on any atom is 0.333 e. The fourth-order valence-electron chi connectivity index (χ4n) is 2.33. The van der Waals surface area contributed by atoms with Crippen LogP contribution in [0.25, 0.3) is 0 Å². The summed E-state index contributed by atoms with van der Waals surface area (Å²) < 4.78 is 10.3. The van der Waals surface area contributed by atoms with Crippen LogP contribution in [0.4, 0.5) is 0 Å². The van der Waals surface area contributed by atoms with Gasteiger partial charge in [0, 0.05) is 12.5 Å². The van der Waals surface area contributed by atoms with E-state index in [1.807, 2.05) is 24.3 Å². The molecule has 1 unspecified atom stereocenters. The van der Waals surface area contributed by atoms with E-state index >= 15 is 0 Å². The zero-order valence-corrected chi connectivity index (χ0v) is 9.97. The molecule has 0 aromatic heterocycles. The van der Waals surface area contributed by atoms with E-state index in [-0.39, 0.29) is 5.41 Å². The number of carboxylic acid groups (broad SMARTS) is 1. The van der Waals surface area contributed by atoms with Gasteiger partial charge in [-0.3, -0.25) is 0 Å². The SMILES string of the molecule is COc1cccc(C2(C(OC)C(=O)O)CC2)c1. The van der Waals surface area contributed by atoms with Crippen molar-refractivity contribution in [2.75, 3.05) is 14.2 Å². The summed E-state index contributed by atoms with van der Waals surface area (Å²) in [4.78, 5) is 11.2. The number of ether oxygens (including phenoxy) is 2. The second-order valence-corrected chi connectivity index (χ2v) is 4.34. The molecule has 1 aromatic rings. The largest absolute Gasteiger partial charge is 0.497 e. The first-order valence-electron chi connectivity index (χ1n) is 5.54. The lowest BCUT2D eigenvalue weighted by Crippen LogP contribution is -2.35. The third kappa shape index (κ3) is 2.00. The number of carbonyl (C=O) groups is 1. The van der Waals surface area contributed by atoms with Crippen molar-refractivity contribution < 1.29 is 19.4 Å². The van der Waals surface area contributed by atoms with E-state index in [0.717, 1.165) is 24.2 Å². The molecule has 0 aliphatic heterocycles. The number of rotatable bonds is 5. The van der Waals surface area contributed by atoms with Gasteiger partial charge in [0.1, 0.15) is 5.75 Å². The van der Waals surface area contributed by atoms with Crippen molar-refractivity contribution in [3.8, 4) is 5.75 Å². The highest BCUT2D eigenvalue weighted by molar-refractivity contribution is 5.76. The number of hydrogen-bond donors (Lipinski definition) is 1. The molecular weight excluding hydrogens is 220 g/mol. The van der Waals surface area contributed by atoms with Crippen LogP contribution in [0.2, 0.25) is 0 Å². The molecule has 0 amide bonds. The Labute approximate surface area is 100 Å². The molecule has 92 valence electrons. The fourth-order valence-corrected chi connectivity index (χ4v) is 2.33. The molecule has 0 heterocycles. The molecule has 1 aromatic carbocycles. The Morgan fingerprint density at radius 1 is 1.41 bits per heavy atom. The number of carboxylic acids is 1. The molecule has 17 heavy (non-hydrogen) atoms. The highest BCUT2D eigenvalue weighted by Crippen LogP contribution is 2.52. The minimum Gasteiger partial charge on any atom is -0.497 e. The minimum absolute atomic E-state index is 0.380. The third-order valence-electron chi connectivity index (χ3n) is 3.40. The Morgan fingerprint density at radius 2 is 2.12 bits per heavy atom. The molecule has 1 saturated carbocycles. The van der Waals surface area contributed by atoms with Crippen molar-refractivity contribution >= 4 is 5.97 Å². The van der Waals surface area contributed by atoms with Crippen molar-refractivity contribution in [2.24, 2.45) is 0 Å². The number of hydrogen-bond acceptors (Lipinski definition) is 3. The maximum absolute atomic E-state index is 11.2. The van der Waals surface area contributed by atoms with Gasteiger partial charge in [-0.2, -0.15) is 0 Å². The first kappa shape index (κ1) is 11.9. The van der Waals surface area contributed by atoms with E-state index in [2.05, 4.69) is 0 Å². The highest BCUT2D eigenvalue weighted by Gasteiger charge is 2.54. The molecule has 1 aliphatic rings. The van der Waals surface area contributed by atoms with Gasteiger partial charge in [0.25, 0.3) is 0 Å². The molecule has 0 bridgehead atoms. The number of benzene rings is 1. The van der Waals surface area contributed by atoms with Crippen molar-refractivity contribution in [1.29, 1.82) is 0 Å². The summed E-state index contributed by atoms with van der Waals surface area (Å²) in [6, 6.07) is 7.55. The van der Waals surface area contributed by atoms with Crippen LogP contribution in [0.5, 0.6) is 5.75 Å². The lowest BCUT2D eigenvalue weighted by molar-refractivity contribution is -0.150. The van der Waals surface area contributed by atoms with Crippen molar-refractivity contribution in [1.82, 2.24) is 0 Å². The van der Waals surface area contributed by atoms with Crippen molar-refractivity contribution in [2.45, 2.75) is 24.4 Å². The zero-order valence-electron chi connectivity index (χ0n) is 9.97. The van der Waals surface area contributed by atoms with Gasteiger partial charge in [-0.05, 0) is 30.5 Å². The summed E-state index contributed by atoms with van der Waals surface area (Å²) in [6.45, 7) is 0. The molecular formula is C13H16O4. The van der Waals surface area contributed by atoms with Gasteiger partial charge in [-0.15, -0.1) is 0 Å². The Kier molecular flexibility index (Phi) is 3.07. The first-order valence-corrected chi connectivity index (χ1v) is 5.54. The Bertz CT molecular complexity index is 423. The molecule has 1 N–H and O–H groups in total. The summed E-state index contributed by atoms with van der Waals surface area (Å²) in [6.07, 6.45) is 0.894. The van der Waals surface area contributed by atoms with Crippen LogP contribution in [0.3, 0.4) is 0 Å². The van der Waals surface area contributed by atoms with Crippen molar-refractivity contribution in [3.05, 3.63) is 29.8 Å². The van der Waals surface area contributed by atoms with E-state index < -0.39 is 12.1 Å². The Morgan fingerprint density at radius 3 is 2.59 bits per heavy atom. The maximum atomic E-state index is 11.2. The second kappa shape index (κ2) is 4.37. The minimum atomic E-state index is -0.909. The van der Waals surface area contributed by atoms with Gasteiger partial charge in [-0.1, -0.05) is 12.1 Å². The van der Waals surface area contributed by atoms with Gasteiger partial charge >= 0.3 is 5.97 Å². The molecule has 0 spiro atoms. The smallest absolute Gasteiger partial charge is 0.333 e. The van der Waals surface area contributed by atoms with Crippen LogP contribution < -0.4 is 4.74 Å². The van der Waals surface area contributed by atoms with Gasteiger partial charge in [0.2, 0.25) is 0 Å². The lowest BCUT2D eigenvalue weighted by atomic mass is 9.89. The van der Waals surface area contributed by atoms with Gasteiger partial charge in [0.05, 0.1) is 7.11 Å². The summed E-state index contributed by atoms with van der Waals surface area (Å²) in [7, 11) is 3.04. The highest BCUT2D eigenvalue weighted by atomic mass is 16.5. The van der Waals surface area contributed by atoms with Gasteiger partial charge < -0.3 is 14.6 Å². The topological polar surface area (TPSA) is 55.8 Å². The average Bonchev–Trinajstić information content (AvgIpc) is 3.11. The number of aliphatic carboxylic acids is 1. The fraction of sp³-hybridized carbons (Fsp3) is 0.462. The second-order valence-electron chi connectivity index (χ2n) is 4.34. The van der Waals surface area contributed by atoms with E-state index in [1.54, 1.807) is 7.11 Å². The third-order valence-corrected chi connectivity index (χ3v) is 3.40. The molecule has 1 aliphatic carbocycles. The normalized spacial score (nSPS) is 18.5. The van der Waals surface area contributed by atoms with Crippen LogP contribution in [-0.4, -0.2) is 31.4 Å². The van der Waals surface area contributed by atoms with Crippen LogP contribution in [0.1, 0.15) is 18.4 Å². The molecule has 2 rings (SSSR count). The zero-order chi connectivity index (χ0) is 12.5. The molecule has 1 atom stereocenters. The monoisotopic (exact) mass is 236 g/mol. The van der Waals surface area contributed by atoms with Gasteiger partial charge in [0.15, 0.2) is 6.10 Å². The predicted octanol–water partition coefficient (Wildman–Crippen LogP) is 1.83. The lowest BCUT2D eigenvalue weighted by Gasteiger charge is -2.22. The van der Waals surface area contributed by atoms with Gasteiger partial charge in [-0.25, -0.2) is 4.79 Å². The Hall–Kier alpha value is -1.55. The van der Waals surface area contributed by atoms with Crippen LogP contribution in [-0.2, 0) is 14.9 Å². The van der Waals surface area contributed by atoms with Crippen molar-refractivity contribution in [3.63, 3.8) is 0 Å². The summed E-state index contributed by atoms with van der Waals surface area (Å²) in [5.74, 6) is -0.165. The molecule has 0 saturated heterocycles. The van der Waals surface area contributed by atoms with E-state index in [9.17, 15) is 9.90 Å². The molecule has 4 nitrogen and oxygen atoms in total. The molecule has 4 heteroatoms. The average molecular weight is 236 g/mol. The molecule has 0 radical (unpaired) electrons. The molecule has 1 fully saturated rings. The predicted molar refractivity (Wildman–Crippen MR) is 62.3 cm³/mol. The van der Waals surface area contributed by atoms with Crippen LogP contribution in [0.15, 0.2) is 24.3 Å².